The monoisotopic (exact) mass is 296 g/mol. The fourth-order valence-electron chi connectivity index (χ4n) is 1.98. The molecule has 0 fully saturated rings. The molecule has 1 aromatic rings. The summed E-state index contributed by atoms with van der Waals surface area (Å²) in [4.78, 5) is 23.1. The lowest BCUT2D eigenvalue weighted by Gasteiger charge is -2.15. The van der Waals surface area contributed by atoms with Crippen molar-refractivity contribution in [3.63, 3.8) is 0 Å². The number of hydrogen-bond acceptors (Lipinski definition) is 6. The highest BCUT2D eigenvalue weighted by atomic mass is 16.5. The summed E-state index contributed by atoms with van der Waals surface area (Å²) in [6.45, 7) is 0. The van der Waals surface area contributed by atoms with E-state index in [1.165, 1.54) is 21.3 Å². The van der Waals surface area contributed by atoms with Crippen LogP contribution in [0.3, 0.4) is 0 Å². The molecule has 0 amide bonds. The van der Waals surface area contributed by atoms with Gasteiger partial charge in [-0.05, 0) is 24.1 Å². The van der Waals surface area contributed by atoms with Crippen LogP contribution in [0.15, 0.2) is 18.2 Å². The van der Waals surface area contributed by atoms with E-state index in [4.69, 9.17) is 14.2 Å². The van der Waals surface area contributed by atoms with Gasteiger partial charge in [0.05, 0.1) is 40.8 Å². The van der Waals surface area contributed by atoms with Gasteiger partial charge in [0.15, 0.2) is 11.5 Å². The minimum atomic E-state index is -0.597. The highest BCUT2D eigenvalue weighted by Crippen LogP contribution is 2.29. The Morgan fingerprint density at radius 2 is 1.67 bits per heavy atom. The summed E-state index contributed by atoms with van der Waals surface area (Å²) in [6, 6.07) is 5.33. The maximum absolute atomic E-state index is 11.8. The molecular formula is C15H20O6. The van der Waals surface area contributed by atoms with Crippen LogP contribution < -0.4 is 9.47 Å². The van der Waals surface area contributed by atoms with Crippen molar-refractivity contribution < 1.29 is 28.5 Å². The van der Waals surface area contributed by atoms with Crippen molar-refractivity contribution in [2.24, 2.45) is 5.92 Å². The quantitative estimate of drug-likeness (QED) is 0.712. The normalized spacial score (nSPS) is 11.4. The van der Waals surface area contributed by atoms with E-state index >= 15 is 0 Å². The smallest absolute Gasteiger partial charge is 0.309 e. The predicted molar refractivity (Wildman–Crippen MR) is 75.4 cm³/mol. The van der Waals surface area contributed by atoms with Crippen LogP contribution >= 0.6 is 0 Å². The Balaban J connectivity index is 2.92. The molecule has 0 aliphatic heterocycles. The zero-order valence-corrected chi connectivity index (χ0v) is 12.7. The molecule has 0 aliphatic rings. The van der Waals surface area contributed by atoms with E-state index in [-0.39, 0.29) is 6.42 Å². The van der Waals surface area contributed by atoms with Gasteiger partial charge in [0.2, 0.25) is 0 Å². The Labute approximate surface area is 123 Å². The molecule has 1 aromatic carbocycles. The number of methoxy groups -OCH3 is 4. The number of carbonyl (C=O) groups is 2. The minimum Gasteiger partial charge on any atom is -0.493 e. The van der Waals surface area contributed by atoms with Gasteiger partial charge in [-0.3, -0.25) is 9.59 Å². The van der Waals surface area contributed by atoms with Gasteiger partial charge in [-0.25, -0.2) is 0 Å². The molecule has 6 nitrogen and oxygen atoms in total. The van der Waals surface area contributed by atoms with Crippen LogP contribution in [0.5, 0.6) is 11.5 Å². The summed E-state index contributed by atoms with van der Waals surface area (Å²) in [7, 11) is 5.66. The molecule has 21 heavy (non-hydrogen) atoms. The average molecular weight is 296 g/mol. The van der Waals surface area contributed by atoms with Gasteiger partial charge in [0.25, 0.3) is 0 Å². The van der Waals surface area contributed by atoms with Gasteiger partial charge < -0.3 is 18.9 Å². The molecule has 0 saturated carbocycles. The minimum absolute atomic E-state index is 0.0302. The SMILES string of the molecule is COC(=O)CC(Cc1ccc(OC)c(OC)c1)C(=O)OC. The van der Waals surface area contributed by atoms with Crippen LogP contribution in [0.1, 0.15) is 12.0 Å². The third kappa shape index (κ3) is 4.66. The van der Waals surface area contributed by atoms with E-state index in [9.17, 15) is 9.59 Å². The zero-order chi connectivity index (χ0) is 15.8. The molecule has 1 atom stereocenters. The Kier molecular flexibility index (Phi) is 6.52. The van der Waals surface area contributed by atoms with Gasteiger partial charge >= 0.3 is 11.9 Å². The maximum Gasteiger partial charge on any atom is 0.309 e. The average Bonchev–Trinajstić information content (AvgIpc) is 2.52. The van der Waals surface area contributed by atoms with Crippen LogP contribution in [0, 0.1) is 5.92 Å². The Morgan fingerprint density at radius 3 is 2.19 bits per heavy atom. The molecule has 0 bridgehead atoms. The number of benzene rings is 1. The molecule has 6 heteroatoms. The molecule has 0 spiro atoms. The highest BCUT2D eigenvalue weighted by molar-refractivity contribution is 5.80. The lowest BCUT2D eigenvalue weighted by Crippen LogP contribution is -2.22. The molecule has 0 heterocycles. The largest absolute Gasteiger partial charge is 0.493 e. The fraction of sp³-hybridized carbons (Fsp3) is 0.467. The van der Waals surface area contributed by atoms with E-state index < -0.39 is 17.9 Å². The molecular weight excluding hydrogens is 276 g/mol. The third-order valence-corrected chi connectivity index (χ3v) is 3.11. The highest BCUT2D eigenvalue weighted by Gasteiger charge is 2.24. The van der Waals surface area contributed by atoms with Crippen molar-refractivity contribution in [1.29, 1.82) is 0 Å². The second-order valence-corrected chi connectivity index (χ2v) is 4.39. The van der Waals surface area contributed by atoms with Crippen molar-refractivity contribution in [1.82, 2.24) is 0 Å². The summed E-state index contributed by atoms with van der Waals surface area (Å²) in [6.07, 6.45) is 0.319. The maximum atomic E-state index is 11.8. The van der Waals surface area contributed by atoms with Crippen LogP contribution in [-0.4, -0.2) is 40.4 Å². The number of carbonyl (C=O) groups excluding carboxylic acids is 2. The molecule has 1 rings (SSSR count). The zero-order valence-electron chi connectivity index (χ0n) is 12.7. The van der Waals surface area contributed by atoms with Crippen LogP contribution in [-0.2, 0) is 25.5 Å². The summed E-state index contributed by atoms with van der Waals surface area (Å²) >= 11 is 0. The van der Waals surface area contributed by atoms with Crippen molar-refractivity contribution in [3.05, 3.63) is 23.8 Å². The second kappa shape index (κ2) is 8.14. The summed E-state index contributed by atoms with van der Waals surface area (Å²) in [5.41, 5.74) is 0.840. The number of hydrogen-bond donors (Lipinski definition) is 0. The first-order valence-electron chi connectivity index (χ1n) is 6.41. The van der Waals surface area contributed by atoms with Gasteiger partial charge in [0, 0.05) is 0 Å². The topological polar surface area (TPSA) is 71.1 Å². The lowest BCUT2D eigenvalue weighted by atomic mass is 9.96. The van der Waals surface area contributed by atoms with E-state index in [2.05, 4.69) is 4.74 Å². The van der Waals surface area contributed by atoms with Gasteiger partial charge in [-0.2, -0.15) is 0 Å². The standard InChI is InChI=1S/C15H20O6/c1-18-12-6-5-10(8-13(12)19-2)7-11(15(17)21-4)9-14(16)20-3/h5-6,8,11H,7,9H2,1-4H3. The van der Waals surface area contributed by atoms with Gasteiger partial charge in [-0.15, -0.1) is 0 Å². The van der Waals surface area contributed by atoms with E-state index in [0.29, 0.717) is 17.9 Å². The molecule has 1 unspecified atom stereocenters. The first kappa shape index (κ1) is 16.8. The third-order valence-electron chi connectivity index (χ3n) is 3.11. The fourth-order valence-corrected chi connectivity index (χ4v) is 1.98. The molecule has 0 saturated heterocycles. The van der Waals surface area contributed by atoms with Crippen molar-refractivity contribution >= 4 is 11.9 Å². The van der Waals surface area contributed by atoms with Crippen LogP contribution in [0.2, 0.25) is 0 Å². The molecule has 0 aliphatic carbocycles. The molecule has 0 aromatic heterocycles. The summed E-state index contributed by atoms with van der Waals surface area (Å²) < 4.78 is 19.7. The number of esters is 2. The molecule has 0 N–H and O–H groups in total. The van der Waals surface area contributed by atoms with Crippen molar-refractivity contribution in [3.8, 4) is 11.5 Å². The van der Waals surface area contributed by atoms with Gasteiger partial charge in [-0.1, -0.05) is 6.07 Å². The lowest BCUT2D eigenvalue weighted by molar-refractivity contribution is -0.151. The Morgan fingerprint density at radius 1 is 1.00 bits per heavy atom. The first-order valence-corrected chi connectivity index (χ1v) is 6.41. The van der Waals surface area contributed by atoms with E-state index in [0.717, 1.165) is 5.56 Å². The van der Waals surface area contributed by atoms with Gasteiger partial charge in [0.1, 0.15) is 0 Å². The predicted octanol–water partition coefficient (Wildman–Crippen LogP) is 1.60. The van der Waals surface area contributed by atoms with Crippen molar-refractivity contribution in [2.45, 2.75) is 12.8 Å². The number of rotatable bonds is 7. The summed E-state index contributed by atoms with van der Waals surface area (Å²) in [5.74, 6) is -0.331. The second-order valence-electron chi connectivity index (χ2n) is 4.39. The number of ether oxygens (including phenoxy) is 4. The summed E-state index contributed by atoms with van der Waals surface area (Å²) in [5, 5.41) is 0. The molecule has 0 radical (unpaired) electrons. The van der Waals surface area contributed by atoms with E-state index in [1.807, 2.05) is 6.07 Å². The molecule has 116 valence electrons. The first-order chi connectivity index (χ1) is 10.0. The van der Waals surface area contributed by atoms with E-state index in [1.54, 1.807) is 19.2 Å². The Hall–Kier alpha value is -2.24. The van der Waals surface area contributed by atoms with Crippen LogP contribution in [0.25, 0.3) is 0 Å². The van der Waals surface area contributed by atoms with Crippen LogP contribution in [0.4, 0.5) is 0 Å². The van der Waals surface area contributed by atoms with Crippen molar-refractivity contribution in [2.75, 3.05) is 28.4 Å². The Bertz CT molecular complexity index is 497.